The zero-order valence-electron chi connectivity index (χ0n) is 10.8. The number of nitrogens with one attached hydrogen (secondary N) is 1. The summed E-state index contributed by atoms with van der Waals surface area (Å²) in [6.45, 7) is 3.99. The van der Waals surface area contributed by atoms with Crippen molar-refractivity contribution in [1.82, 2.24) is 14.7 Å². The fourth-order valence-electron chi connectivity index (χ4n) is 1.84. The van der Waals surface area contributed by atoms with Crippen molar-refractivity contribution < 1.29 is 8.42 Å². The fraction of sp³-hybridized carbons (Fsp3) is 0.231. The number of rotatable bonds is 4. The van der Waals surface area contributed by atoms with Gasteiger partial charge < -0.3 is 0 Å². The molecule has 0 radical (unpaired) electrons. The highest BCUT2D eigenvalue weighted by Gasteiger charge is 2.14. The Hall–Kier alpha value is -1.79. The highest BCUT2D eigenvalue weighted by Crippen LogP contribution is 2.24. The molecule has 1 heterocycles. The van der Waals surface area contributed by atoms with Crippen LogP contribution >= 0.6 is 0 Å². The van der Waals surface area contributed by atoms with Crippen molar-refractivity contribution in [3.63, 3.8) is 0 Å². The van der Waals surface area contributed by atoms with Crippen LogP contribution in [0.15, 0.2) is 41.8 Å². The molecule has 19 heavy (non-hydrogen) atoms. The maximum atomic E-state index is 11.9. The lowest BCUT2D eigenvalue weighted by molar-refractivity contribution is 0.584. The molecule has 2 rings (SSSR count). The molecule has 100 valence electrons. The van der Waals surface area contributed by atoms with Gasteiger partial charge in [-0.05, 0) is 30.2 Å². The molecule has 0 fully saturated rings. The summed E-state index contributed by atoms with van der Waals surface area (Å²) in [6, 6.07) is 5.02. The average molecular weight is 277 g/mol. The number of hydrogen-bond donors (Lipinski definition) is 1. The Balaban J connectivity index is 2.44. The van der Waals surface area contributed by atoms with E-state index in [-0.39, 0.29) is 4.90 Å². The van der Waals surface area contributed by atoms with Crippen molar-refractivity contribution in [3.8, 4) is 11.1 Å². The van der Waals surface area contributed by atoms with Gasteiger partial charge in [0.25, 0.3) is 0 Å². The van der Waals surface area contributed by atoms with Crippen molar-refractivity contribution in [1.29, 1.82) is 0 Å². The van der Waals surface area contributed by atoms with E-state index in [2.05, 4.69) is 14.7 Å². The number of nitrogens with zero attached hydrogens (tertiary/aromatic N) is 2. The predicted octanol–water partition coefficient (Wildman–Crippen LogP) is 1.75. The smallest absolute Gasteiger partial charge is 0.240 e. The van der Waals surface area contributed by atoms with Gasteiger partial charge in [-0.15, -0.1) is 0 Å². The topological polar surface area (TPSA) is 72.0 Å². The van der Waals surface area contributed by atoms with Crippen LogP contribution in [-0.4, -0.2) is 24.9 Å². The zero-order chi connectivity index (χ0) is 13.9. The Kier molecular flexibility index (Phi) is 3.92. The first-order valence-electron chi connectivity index (χ1n) is 5.90. The largest absolute Gasteiger partial charge is 0.244 e. The van der Waals surface area contributed by atoms with Gasteiger partial charge in [-0.2, -0.15) is 0 Å². The second kappa shape index (κ2) is 5.46. The lowest BCUT2D eigenvalue weighted by atomic mass is 10.0. The first kappa shape index (κ1) is 13.6. The Morgan fingerprint density at radius 3 is 2.47 bits per heavy atom. The highest BCUT2D eigenvalue weighted by atomic mass is 32.2. The van der Waals surface area contributed by atoms with Gasteiger partial charge in [0, 0.05) is 24.5 Å². The molecule has 0 saturated heterocycles. The number of benzene rings is 1. The Labute approximate surface area is 112 Å². The van der Waals surface area contributed by atoms with Gasteiger partial charge >= 0.3 is 0 Å². The van der Waals surface area contributed by atoms with Crippen molar-refractivity contribution in [2.45, 2.75) is 18.7 Å². The number of hydrogen-bond acceptors (Lipinski definition) is 4. The molecule has 0 saturated carbocycles. The van der Waals surface area contributed by atoms with Crippen molar-refractivity contribution in [3.05, 3.63) is 42.5 Å². The second-order valence-corrected chi connectivity index (χ2v) is 5.87. The van der Waals surface area contributed by atoms with E-state index >= 15 is 0 Å². The minimum Gasteiger partial charge on any atom is -0.244 e. The third-order valence-electron chi connectivity index (χ3n) is 2.71. The van der Waals surface area contributed by atoms with Crippen LogP contribution in [0.5, 0.6) is 0 Å². The lowest BCUT2D eigenvalue weighted by Crippen LogP contribution is -2.23. The Bertz CT molecular complexity index is 670. The molecule has 0 aliphatic rings. The molecule has 0 amide bonds. The van der Waals surface area contributed by atoms with Crippen molar-refractivity contribution >= 4 is 10.0 Å². The van der Waals surface area contributed by atoms with E-state index in [4.69, 9.17) is 0 Å². The number of sulfonamides is 1. The zero-order valence-corrected chi connectivity index (χ0v) is 11.6. The molecular formula is C13H15N3O2S. The Morgan fingerprint density at radius 2 is 1.89 bits per heavy atom. The molecule has 2 aromatic rings. The van der Waals surface area contributed by atoms with Crippen LogP contribution < -0.4 is 4.72 Å². The maximum absolute atomic E-state index is 11.9. The quantitative estimate of drug-likeness (QED) is 0.924. The third-order valence-corrected chi connectivity index (χ3v) is 4.26. The molecular weight excluding hydrogens is 262 g/mol. The highest BCUT2D eigenvalue weighted by molar-refractivity contribution is 7.89. The summed E-state index contributed by atoms with van der Waals surface area (Å²) < 4.78 is 26.3. The number of aryl methyl sites for hydroxylation is 1. The minimum atomic E-state index is -3.41. The molecule has 0 unspecified atom stereocenters. The summed E-state index contributed by atoms with van der Waals surface area (Å²) in [5.74, 6) is 0. The molecule has 5 nitrogen and oxygen atoms in total. The molecule has 0 atom stereocenters. The monoisotopic (exact) mass is 277 g/mol. The standard InChI is InChI=1S/C13H15N3O2S/c1-3-16-19(17,18)12-4-5-13(10(2)6-12)11-7-14-9-15-8-11/h4-9,16H,3H2,1-2H3. The summed E-state index contributed by atoms with van der Waals surface area (Å²) in [6.07, 6.45) is 4.87. The molecule has 1 aromatic carbocycles. The van der Waals surface area contributed by atoms with E-state index in [1.54, 1.807) is 37.5 Å². The molecule has 0 aliphatic heterocycles. The molecule has 1 N–H and O–H groups in total. The normalized spacial score (nSPS) is 11.5. The van der Waals surface area contributed by atoms with Crippen LogP contribution in [0.4, 0.5) is 0 Å². The van der Waals surface area contributed by atoms with Crippen molar-refractivity contribution in [2.75, 3.05) is 6.54 Å². The Morgan fingerprint density at radius 1 is 1.21 bits per heavy atom. The maximum Gasteiger partial charge on any atom is 0.240 e. The number of aromatic nitrogens is 2. The summed E-state index contributed by atoms with van der Waals surface area (Å²) in [5, 5.41) is 0. The average Bonchev–Trinajstić information content (AvgIpc) is 2.39. The molecule has 0 aliphatic carbocycles. The predicted molar refractivity (Wildman–Crippen MR) is 73.1 cm³/mol. The molecule has 0 spiro atoms. The first-order valence-corrected chi connectivity index (χ1v) is 7.38. The summed E-state index contributed by atoms with van der Waals surface area (Å²) in [5.41, 5.74) is 2.66. The van der Waals surface area contributed by atoms with Crippen LogP contribution in [0, 0.1) is 6.92 Å². The third kappa shape index (κ3) is 2.97. The van der Waals surface area contributed by atoms with Crippen LogP contribution in [0.3, 0.4) is 0 Å². The first-order chi connectivity index (χ1) is 9.04. The lowest BCUT2D eigenvalue weighted by Gasteiger charge is -2.09. The van der Waals surface area contributed by atoms with E-state index in [0.29, 0.717) is 6.54 Å². The van der Waals surface area contributed by atoms with Gasteiger partial charge in [-0.1, -0.05) is 13.0 Å². The summed E-state index contributed by atoms with van der Waals surface area (Å²) in [4.78, 5) is 8.19. The van der Waals surface area contributed by atoms with E-state index in [1.807, 2.05) is 6.92 Å². The minimum absolute atomic E-state index is 0.271. The van der Waals surface area contributed by atoms with Gasteiger partial charge in [0.2, 0.25) is 10.0 Å². The van der Waals surface area contributed by atoms with Crippen LogP contribution in [0.2, 0.25) is 0 Å². The van der Waals surface area contributed by atoms with Crippen LogP contribution in [0.1, 0.15) is 12.5 Å². The fourth-order valence-corrected chi connectivity index (χ4v) is 2.96. The van der Waals surface area contributed by atoms with E-state index < -0.39 is 10.0 Å². The molecule has 0 bridgehead atoms. The van der Waals surface area contributed by atoms with Gasteiger partial charge in [0.1, 0.15) is 6.33 Å². The second-order valence-electron chi connectivity index (χ2n) is 4.11. The van der Waals surface area contributed by atoms with Crippen LogP contribution in [-0.2, 0) is 10.0 Å². The summed E-state index contributed by atoms with van der Waals surface area (Å²) in [7, 11) is -3.41. The van der Waals surface area contributed by atoms with Gasteiger partial charge in [0.05, 0.1) is 4.90 Å². The SMILES string of the molecule is CCNS(=O)(=O)c1ccc(-c2cncnc2)c(C)c1. The molecule has 6 heteroatoms. The molecule has 1 aromatic heterocycles. The summed E-state index contributed by atoms with van der Waals surface area (Å²) >= 11 is 0. The van der Waals surface area contributed by atoms with E-state index in [0.717, 1.165) is 16.7 Å². The van der Waals surface area contributed by atoms with Crippen LogP contribution in [0.25, 0.3) is 11.1 Å². The van der Waals surface area contributed by atoms with Gasteiger partial charge in [-0.25, -0.2) is 23.1 Å². The van der Waals surface area contributed by atoms with Gasteiger partial charge in [-0.3, -0.25) is 0 Å². The van der Waals surface area contributed by atoms with E-state index in [1.165, 1.54) is 6.33 Å². The van der Waals surface area contributed by atoms with E-state index in [9.17, 15) is 8.42 Å². The van der Waals surface area contributed by atoms with Gasteiger partial charge in [0.15, 0.2) is 0 Å². The van der Waals surface area contributed by atoms with Crippen molar-refractivity contribution in [2.24, 2.45) is 0 Å².